The fourth-order valence-electron chi connectivity index (χ4n) is 3.06. The number of hydrogen-bond donors (Lipinski definition) is 2. The highest BCUT2D eigenvalue weighted by Crippen LogP contribution is 2.28. The molecule has 8 nitrogen and oxygen atoms in total. The second-order valence-electron chi connectivity index (χ2n) is 7.35. The van der Waals surface area contributed by atoms with Crippen molar-refractivity contribution in [2.24, 2.45) is 5.16 Å². The van der Waals surface area contributed by atoms with Crippen LogP contribution < -0.4 is 10.0 Å². The van der Waals surface area contributed by atoms with Crippen LogP contribution in [0, 0.1) is 5.82 Å². The minimum Gasteiger partial charge on any atom is -0.383 e. The summed E-state index contributed by atoms with van der Waals surface area (Å²) in [7, 11) is -2.05. The van der Waals surface area contributed by atoms with Gasteiger partial charge in [-0.1, -0.05) is 29.4 Å². The van der Waals surface area contributed by atoms with Crippen molar-refractivity contribution >= 4 is 27.3 Å². The van der Waals surface area contributed by atoms with Crippen molar-refractivity contribution in [2.75, 3.05) is 25.6 Å². The molecule has 0 bridgehead atoms. The summed E-state index contributed by atoms with van der Waals surface area (Å²) < 4.78 is 45.0. The van der Waals surface area contributed by atoms with Crippen LogP contribution in [-0.4, -0.2) is 45.9 Å². The van der Waals surface area contributed by atoms with E-state index < -0.39 is 27.3 Å². The molecule has 166 valence electrons. The van der Waals surface area contributed by atoms with Gasteiger partial charge in [0, 0.05) is 31.3 Å². The fourth-order valence-corrected chi connectivity index (χ4v) is 4.17. The first kappa shape index (κ1) is 22.9. The molecule has 31 heavy (non-hydrogen) atoms. The molecule has 0 saturated carbocycles. The van der Waals surface area contributed by atoms with Gasteiger partial charge in [-0.25, -0.2) is 17.5 Å². The predicted molar refractivity (Wildman–Crippen MR) is 115 cm³/mol. The Hall–Kier alpha value is -2.82. The van der Waals surface area contributed by atoms with Crippen LogP contribution in [0.5, 0.6) is 0 Å². The summed E-state index contributed by atoms with van der Waals surface area (Å²) in [4.78, 5) is 18.2. The number of oxime groups is 1. The molecule has 3 rings (SSSR count). The quantitative estimate of drug-likeness (QED) is 0.572. The van der Waals surface area contributed by atoms with Gasteiger partial charge >= 0.3 is 0 Å². The van der Waals surface area contributed by atoms with E-state index >= 15 is 0 Å². The molecule has 2 aromatic carbocycles. The molecular formula is C21H24FN3O5S. The van der Waals surface area contributed by atoms with Gasteiger partial charge in [0.25, 0.3) is 5.91 Å². The maximum atomic E-state index is 13.5. The lowest BCUT2D eigenvalue weighted by Gasteiger charge is -2.20. The molecule has 0 aromatic heterocycles. The van der Waals surface area contributed by atoms with E-state index in [4.69, 9.17) is 9.57 Å². The molecular weight excluding hydrogens is 425 g/mol. The topological polar surface area (TPSA) is 106 Å². The minimum absolute atomic E-state index is 0.166. The number of carbonyl (C=O) groups excluding carboxylic acids is 1. The van der Waals surface area contributed by atoms with Crippen LogP contribution in [0.3, 0.4) is 0 Å². The van der Waals surface area contributed by atoms with Gasteiger partial charge in [-0.3, -0.25) is 4.79 Å². The van der Waals surface area contributed by atoms with Gasteiger partial charge in [0.05, 0.1) is 18.1 Å². The van der Waals surface area contributed by atoms with E-state index in [2.05, 4.69) is 15.2 Å². The number of benzene rings is 2. The molecule has 1 aliphatic heterocycles. The van der Waals surface area contributed by atoms with E-state index in [0.29, 0.717) is 22.5 Å². The highest BCUT2D eigenvalue weighted by atomic mass is 32.2. The molecule has 1 aliphatic rings. The fraction of sp³-hybridized carbons (Fsp3) is 0.333. The Morgan fingerprint density at radius 2 is 2.03 bits per heavy atom. The Balaban J connectivity index is 1.64. The van der Waals surface area contributed by atoms with Gasteiger partial charge in [-0.15, -0.1) is 0 Å². The molecule has 0 aliphatic carbocycles. The smallest absolute Gasteiger partial charge is 0.271 e. The van der Waals surface area contributed by atoms with Crippen molar-refractivity contribution in [1.82, 2.24) is 4.72 Å². The summed E-state index contributed by atoms with van der Waals surface area (Å²) >= 11 is 0. The first-order chi connectivity index (χ1) is 14.7. The van der Waals surface area contributed by atoms with Gasteiger partial charge in [0.15, 0.2) is 0 Å². The Morgan fingerprint density at radius 1 is 1.26 bits per heavy atom. The summed E-state index contributed by atoms with van der Waals surface area (Å²) in [6.45, 7) is 2.04. The molecule has 1 atom stereocenters. The molecule has 0 saturated heterocycles. The Labute approximate surface area is 180 Å². The Kier molecular flexibility index (Phi) is 7.04. The number of nitrogens with one attached hydrogen (secondary N) is 2. The van der Waals surface area contributed by atoms with Crippen LogP contribution in [0.4, 0.5) is 10.1 Å². The third-order valence-corrected chi connectivity index (χ3v) is 6.03. The number of methoxy groups -OCH3 is 1. The average molecular weight is 450 g/mol. The number of carbonyl (C=O) groups is 1. The highest BCUT2D eigenvalue weighted by molar-refractivity contribution is 7.88. The van der Waals surface area contributed by atoms with Crippen molar-refractivity contribution in [3.05, 3.63) is 65.5 Å². The minimum atomic E-state index is -3.54. The molecule has 2 aromatic rings. The number of anilines is 1. The van der Waals surface area contributed by atoms with E-state index in [1.165, 1.54) is 19.2 Å². The van der Waals surface area contributed by atoms with Crippen LogP contribution >= 0.6 is 0 Å². The lowest BCUT2D eigenvalue weighted by atomic mass is 9.95. The molecule has 1 amide bonds. The first-order valence-corrected chi connectivity index (χ1v) is 11.2. The second kappa shape index (κ2) is 9.54. The van der Waals surface area contributed by atoms with Crippen molar-refractivity contribution < 1.29 is 27.2 Å². The zero-order valence-electron chi connectivity index (χ0n) is 17.2. The van der Waals surface area contributed by atoms with E-state index in [0.717, 1.165) is 0 Å². The Morgan fingerprint density at radius 3 is 2.77 bits per heavy atom. The van der Waals surface area contributed by atoms with Gasteiger partial charge in [0.2, 0.25) is 15.6 Å². The normalized spacial score (nSPS) is 18.4. The lowest BCUT2D eigenvalue weighted by Crippen LogP contribution is -2.40. The molecule has 0 fully saturated rings. The average Bonchev–Trinajstić information content (AvgIpc) is 3.12. The molecule has 10 heteroatoms. The number of halogens is 1. The second-order valence-corrected chi connectivity index (χ2v) is 9.15. The van der Waals surface area contributed by atoms with E-state index in [1.54, 1.807) is 43.3 Å². The van der Waals surface area contributed by atoms with E-state index in [-0.39, 0.29) is 25.3 Å². The predicted octanol–water partition coefficient (Wildman–Crippen LogP) is 2.41. The molecule has 2 N–H and O–H groups in total. The van der Waals surface area contributed by atoms with Gasteiger partial charge < -0.3 is 14.9 Å². The van der Waals surface area contributed by atoms with E-state index in [9.17, 15) is 17.6 Å². The number of ether oxygens (including phenoxy) is 1. The monoisotopic (exact) mass is 449 g/mol. The van der Waals surface area contributed by atoms with Crippen LogP contribution in [0.1, 0.15) is 24.5 Å². The number of hydrogen-bond acceptors (Lipinski definition) is 6. The summed E-state index contributed by atoms with van der Waals surface area (Å²) in [6.07, 6.45) is 0.166. The van der Waals surface area contributed by atoms with E-state index in [1.807, 2.05) is 0 Å². The van der Waals surface area contributed by atoms with Crippen LogP contribution in [0.25, 0.3) is 0 Å². The SMILES string of the molecule is COCCNS(=O)(=O)Cc1cccc(NC(=O)[C@@]2(C)CC(c3cccc(F)c3)=NO2)c1. The summed E-state index contributed by atoms with van der Waals surface area (Å²) in [5.41, 5.74) is 0.685. The zero-order valence-corrected chi connectivity index (χ0v) is 18.0. The number of sulfonamides is 1. The number of nitrogens with zero attached hydrogens (tertiary/aromatic N) is 1. The maximum Gasteiger partial charge on any atom is 0.271 e. The van der Waals surface area contributed by atoms with Crippen LogP contribution in [0.2, 0.25) is 0 Å². The molecule has 0 spiro atoms. The standard InChI is InChI=1S/C21H24FN3O5S/c1-21(13-19(25-30-21)16-6-4-7-17(22)12-16)20(26)24-18-8-3-5-15(11-18)14-31(27,28)23-9-10-29-2/h3-8,11-12,23H,9-10,13-14H2,1-2H3,(H,24,26)/t21-/m1/s1. The van der Waals surface area contributed by atoms with Gasteiger partial charge in [-0.2, -0.15) is 0 Å². The van der Waals surface area contributed by atoms with Crippen molar-refractivity contribution in [2.45, 2.75) is 24.7 Å². The molecule has 1 heterocycles. The maximum absolute atomic E-state index is 13.5. The molecule has 0 radical (unpaired) electrons. The number of rotatable bonds is 9. The molecule has 0 unspecified atom stereocenters. The van der Waals surface area contributed by atoms with Crippen molar-refractivity contribution in [3.63, 3.8) is 0 Å². The summed E-state index contributed by atoms with van der Waals surface area (Å²) in [5.74, 6) is -1.08. The third-order valence-electron chi connectivity index (χ3n) is 4.67. The van der Waals surface area contributed by atoms with Crippen molar-refractivity contribution in [1.29, 1.82) is 0 Å². The first-order valence-electron chi connectivity index (χ1n) is 9.58. The van der Waals surface area contributed by atoms with Gasteiger partial charge in [0.1, 0.15) is 5.82 Å². The zero-order chi connectivity index (χ0) is 22.5. The third kappa shape index (κ3) is 6.09. The Bertz CT molecular complexity index is 1090. The number of amides is 1. The van der Waals surface area contributed by atoms with Crippen LogP contribution in [-0.2, 0) is 30.1 Å². The highest BCUT2D eigenvalue weighted by Gasteiger charge is 2.42. The van der Waals surface area contributed by atoms with Crippen LogP contribution in [0.15, 0.2) is 53.7 Å². The summed E-state index contributed by atoms with van der Waals surface area (Å²) in [5, 5.41) is 6.70. The summed E-state index contributed by atoms with van der Waals surface area (Å²) in [6, 6.07) is 12.5. The lowest BCUT2D eigenvalue weighted by molar-refractivity contribution is -0.135. The largest absolute Gasteiger partial charge is 0.383 e. The van der Waals surface area contributed by atoms with Gasteiger partial charge in [-0.05, 0) is 36.8 Å². The van der Waals surface area contributed by atoms with Crippen molar-refractivity contribution in [3.8, 4) is 0 Å².